The van der Waals surface area contributed by atoms with Crippen LogP contribution in [-0.2, 0) is 20.8 Å². The molecule has 2 aliphatic heterocycles. The van der Waals surface area contributed by atoms with E-state index in [1.54, 1.807) is 0 Å². The molecule has 28 heavy (non-hydrogen) atoms. The molecule has 1 amide bonds. The number of aliphatic carboxylic acids is 2. The van der Waals surface area contributed by atoms with Gasteiger partial charge in [-0.05, 0) is 44.1 Å². The number of amides is 1. The van der Waals surface area contributed by atoms with E-state index in [4.69, 9.17) is 0 Å². The van der Waals surface area contributed by atoms with Crippen molar-refractivity contribution in [1.82, 2.24) is 15.3 Å². The second-order valence-corrected chi connectivity index (χ2v) is 7.41. The molecule has 2 heterocycles. The minimum absolute atomic E-state index is 0.337. The monoisotopic (exact) mass is 389 g/mol. The van der Waals surface area contributed by atoms with Crippen LogP contribution in [0.15, 0.2) is 30.3 Å². The summed E-state index contributed by atoms with van der Waals surface area (Å²) in [6, 6.07) is 7.17. The van der Waals surface area contributed by atoms with Gasteiger partial charge in [-0.15, -0.1) is 0 Å². The van der Waals surface area contributed by atoms with Crippen LogP contribution in [-0.4, -0.2) is 69.3 Å². The number of hydrazine groups is 1. The molecule has 0 spiro atoms. The molecular weight excluding hydrogens is 362 g/mol. The molecule has 0 radical (unpaired) electrons. The maximum absolute atomic E-state index is 13.1. The third kappa shape index (κ3) is 4.69. The first-order valence-corrected chi connectivity index (χ1v) is 9.81. The summed E-state index contributed by atoms with van der Waals surface area (Å²) in [6.45, 7) is 1.26. The summed E-state index contributed by atoms with van der Waals surface area (Å²) in [6.07, 6.45) is 3.29. The largest absolute Gasteiger partial charge is 0.480 e. The van der Waals surface area contributed by atoms with Crippen LogP contribution in [0.5, 0.6) is 0 Å². The fourth-order valence-electron chi connectivity index (χ4n) is 4.03. The van der Waals surface area contributed by atoms with Crippen molar-refractivity contribution in [2.24, 2.45) is 0 Å². The molecule has 2 aliphatic rings. The Morgan fingerprint density at radius 3 is 2.43 bits per heavy atom. The van der Waals surface area contributed by atoms with Crippen molar-refractivity contribution < 1.29 is 24.6 Å². The number of carbonyl (C=O) groups is 3. The van der Waals surface area contributed by atoms with Gasteiger partial charge in [-0.2, -0.15) is 0 Å². The van der Waals surface area contributed by atoms with Crippen LogP contribution >= 0.6 is 0 Å². The Kier molecular flexibility index (Phi) is 6.64. The molecule has 8 nitrogen and oxygen atoms in total. The maximum Gasteiger partial charge on any atom is 0.328 e. The predicted molar refractivity (Wildman–Crippen MR) is 101 cm³/mol. The number of carboxylic acids is 2. The highest BCUT2D eigenvalue weighted by atomic mass is 16.4. The topological polar surface area (TPSA) is 110 Å². The molecule has 3 rings (SSSR count). The van der Waals surface area contributed by atoms with Crippen molar-refractivity contribution >= 4 is 17.8 Å². The Labute approximate surface area is 164 Å². The number of fused-ring (bicyclic) bond motifs is 1. The average molecular weight is 389 g/mol. The molecule has 1 aromatic rings. The van der Waals surface area contributed by atoms with Gasteiger partial charge in [-0.25, -0.2) is 9.80 Å². The van der Waals surface area contributed by atoms with Crippen LogP contribution in [0.25, 0.3) is 0 Å². The second kappa shape index (κ2) is 9.16. The fraction of sp³-hybridized carbons (Fsp3) is 0.550. The van der Waals surface area contributed by atoms with Crippen LogP contribution in [0.4, 0.5) is 0 Å². The first-order valence-electron chi connectivity index (χ1n) is 9.81. The van der Waals surface area contributed by atoms with Crippen molar-refractivity contribution in [3.05, 3.63) is 35.9 Å². The van der Waals surface area contributed by atoms with E-state index in [9.17, 15) is 24.6 Å². The zero-order chi connectivity index (χ0) is 20.1. The smallest absolute Gasteiger partial charge is 0.328 e. The lowest BCUT2D eigenvalue weighted by atomic mass is 10.0. The normalized spacial score (nSPS) is 24.3. The zero-order valence-electron chi connectivity index (χ0n) is 15.8. The maximum atomic E-state index is 13.1. The summed E-state index contributed by atoms with van der Waals surface area (Å²) in [4.78, 5) is 36.5. The van der Waals surface area contributed by atoms with Gasteiger partial charge in [0, 0.05) is 13.1 Å². The molecular formula is C20H27N3O5. The minimum atomic E-state index is -1.02. The van der Waals surface area contributed by atoms with Gasteiger partial charge in [0.2, 0.25) is 0 Å². The number of nitrogens with one attached hydrogen (secondary N) is 1. The molecule has 8 heteroatoms. The fourth-order valence-corrected chi connectivity index (χ4v) is 4.03. The van der Waals surface area contributed by atoms with Gasteiger partial charge in [-0.1, -0.05) is 30.3 Å². The van der Waals surface area contributed by atoms with Crippen LogP contribution in [0.3, 0.4) is 0 Å². The molecule has 0 aromatic heterocycles. The summed E-state index contributed by atoms with van der Waals surface area (Å²) in [7, 11) is 0. The first kappa shape index (κ1) is 20.3. The summed E-state index contributed by atoms with van der Waals surface area (Å²) >= 11 is 0. The lowest BCUT2D eigenvalue weighted by Gasteiger charge is -2.42. The Balaban J connectivity index is 1.70. The number of hydrogen-bond donors (Lipinski definition) is 3. The van der Waals surface area contributed by atoms with E-state index in [2.05, 4.69) is 5.32 Å². The van der Waals surface area contributed by atoms with Crippen LogP contribution in [0.1, 0.15) is 37.7 Å². The summed E-state index contributed by atoms with van der Waals surface area (Å²) in [5, 5.41) is 25.3. The molecule has 0 saturated carbocycles. The van der Waals surface area contributed by atoms with Gasteiger partial charge in [0.15, 0.2) is 0 Å². The van der Waals surface area contributed by atoms with E-state index >= 15 is 0 Å². The minimum Gasteiger partial charge on any atom is -0.480 e. The third-order valence-electron chi connectivity index (χ3n) is 5.48. The number of hydrogen-bond acceptors (Lipinski definition) is 5. The zero-order valence-corrected chi connectivity index (χ0v) is 15.8. The van der Waals surface area contributed by atoms with E-state index in [-0.39, 0.29) is 5.91 Å². The standard InChI is InChI=1S/C20H27N3O5/c24-18-15(8-4-12-22-13-5-9-17(20(27)28)23(18)22)21-16(19(25)26)11-10-14-6-2-1-3-7-14/h1-3,6-7,15-17,21H,4-5,8-13H2,(H,25,26)(H,27,28). The molecule has 2 saturated heterocycles. The molecule has 152 valence electrons. The van der Waals surface area contributed by atoms with Gasteiger partial charge in [0.1, 0.15) is 12.1 Å². The Hall–Kier alpha value is -2.45. The molecule has 0 aliphatic carbocycles. The Morgan fingerprint density at radius 2 is 1.79 bits per heavy atom. The predicted octanol–water partition coefficient (Wildman–Crippen LogP) is 1.12. The molecule has 0 bridgehead atoms. The van der Waals surface area contributed by atoms with E-state index in [1.165, 1.54) is 5.01 Å². The molecule has 2 fully saturated rings. The van der Waals surface area contributed by atoms with Gasteiger partial charge >= 0.3 is 11.9 Å². The van der Waals surface area contributed by atoms with Gasteiger partial charge < -0.3 is 10.2 Å². The van der Waals surface area contributed by atoms with E-state index < -0.39 is 30.1 Å². The number of aryl methyl sites for hydroxylation is 1. The lowest BCUT2D eigenvalue weighted by molar-refractivity contribution is -0.174. The number of rotatable bonds is 7. The highest BCUT2D eigenvalue weighted by Crippen LogP contribution is 2.24. The van der Waals surface area contributed by atoms with Crippen molar-refractivity contribution in [1.29, 1.82) is 0 Å². The van der Waals surface area contributed by atoms with Gasteiger partial charge in [0.05, 0.1) is 6.04 Å². The van der Waals surface area contributed by atoms with Crippen LogP contribution in [0, 0.1) is 0 Å². The quantitative estimate of drug-likeness (QED) is 0.641. The van der Waals surface area contributed by atoms with Crippen molar-refractivity contribution in [2.75, 3.05) is 13.1 Å². The summed E-state index contributed by atoms with van der Waals surface area (Å²) < 4.78 is 0. The van der Waals surface area contributed by atoms with Crippen LogP contribution in [0.2, 0.25) is 0 Å². The van der Waals surface area contributed by atoms with Gasteiger partial charge in [0.25, 0.3) is 5.91 Å². The third-order valence-corrected chi connectivity index (χ3v) is 5.48. The van der Waals surface area contributed by atoms with Crippen molar-refractivity contribution in [3.8, 4) is 0 Å². The number of benzene rings is 1. The number of nitrogens with zero attached hydrogens (tertiary/aromatic N) is 2. The van der Waals surface area contributed by atoms with Crippen LogP contribution < -0.4 is 5.32 Å². The Bertz CT molecular complexity index is 711. The first-order chi connectivity index (χ1) is 13.5. The summed E-state index contributed by atoms with van der Waals surface area (Å²) in [5.41, 5.74) is 1.04. The second-order valence-electron chi connectivity index (χ2n) is 7.41. The average Bonchev–Trinajstić information content (AvgIpc) is 2.84. The molecule has 1 aromatic carbocycles. The number of carboxylic acid groups (broad SMARTS) is 2. The molecule has 3 N–H and O–H groups in total. The highest BCUT2D eigenvalue weighted by Gasteiger charge is 2.42. The molecule has 3 unspecified atom stereocenters. The lowest BCUT2D eigenvalue weighted by Crippen LogP contribution is -2.61. The van der Waals surface area contributed by atoms with E-state index in [0.717, 1.165) is 12.0 Å². The van der Waals surface area contributed by atoms with Crippen molar-refractivity contribution in [3.63, 3.8) is 0 Å². The summed E-state index contributed by atoms with van der Waals surface area (Å²) in [5.74, 6) is -2.36. The van der Waals surface area contributed by atoms with E-state index in [0.29, 0.717) is 45.2 Å². The van der Waals surface area contributed by atoms with Crippen molar-refractivity contribution in [2.45, 2.75) is 56.7 Å². The SMILES string of the molecule is O=C(O)C(CCc1ccccc1)NC1CCCN2CCCC(C(=O)O)N2C1=O. The highest BCUT2D eigenvalue weighted by molar-refractivity contribution is 5.87. The van der Waals surface area contributed by atoms with Gasteiger partial charge in [-0.3, -0.25) is 19.9 Å². The Morgan fingerprint density at radius 1 is 1.11 bits per heavy atom. The molecule has 3 atom stereocenters. The van der Waals surface area contributed by atoms with E-state index in [1.807, 2.05) is 35.3 Å². The number of carbonyl (C=O) groups excluding carboxylic acids is 1.